The highest BCUT2D eigenvalue weighted by molar-refractivity contribution is 7.84. The SMILES string of the molecule is Cc1cc(CNc2cccc(C[S@](=O)c3ccccc3)c2)no1. The van der Waals surface area contributed by atoms with Crippen LogP contribution in [0.5, 0.6) is 0 Å². The molecule has 1 heterocycles. The van der Waals surface area contributed by atoms with Gasteiger partial charge in [0.05, 0.1) is 23.1 Å². The van der Waals surface area contributed by atoms with E-state index in [9.17, 15) is 4.21 Å². The average Bonchev–Trinajstić information content (AvgIpc) is 3.00. The van der Waals surface area contributed by atoms with Crippen molar-refractivity contribution in [3.8, 4) is 0 Å². The summed E-state index contributed by atoms with van der Waals surface area (Å²) in [5, 5.41) is 7.26. The second-order valence-corrected chi connectivity index (χ2v) is 6.74. The molecule has 0 unspecified atom stereocenters. The van der Waals surface area contributed by atoms with E-state index in [1.165, 1.54) is 0 Å². The summed E-state index contributed by atoms with van der Waals surface area (Å²) in [7, 11) is -1.03. The molecule has 0 aliphatic rings. The van der Waals surface area contributed by atoms with Gasteiger partial charge in [-0.15, -0.1) is 0 Å². The number of anilines is 1. The first-order valence-electron chi connectivity index (χ1n) is 7.39. The highest BCUT2D eigenvalue weighted by atomic mass is 32.2. The molecule has 0 aliphatic heterocycles. The number of rotatable bonds is 6. The Morgan fingerprint density at radius 2 is 1.91 bits per heavy atom. The van der Waals surface area contributed by atoms with Crippen LogP contribution in [0, 0.1) is 6.92 Å². The Hall–Kier alpha value is -2.40. The maximum atomic E-state index is 12.4. The third-order valence-corrected chi connectivity index (χ3v) is 4.77. The normalized spacial score (nSPS) is 12.0. The first-order chi connectivity index (χ1) is 11.2. The quantitative estimate of drug-likeness (QED) is 0.746. The second kappa shape index (κ2) is 7.24. The van der Waals surface area contributed by atoms with E-state index in [-0.39, 0.29) is 0 Å². The predicted molar refractivity (Wildman–Crippen MR) is 91.6 cm³/mol. The van der Waals surface area contributed by atoms with Crippen LogP contribution in [0.25, 0.3) is 0 Å². The van der Waals surface area contributed by atoms with E-state index < -0.39 is 10.8 Å². The van der Waals surface area contributed by atoms with Gasteiger partial charge >= 0.3 is 0 Å². The molecule has 0 bridgehead atoms. The second-order valence-electron chi connectivity index (χ2n) is 5.29. The minimum atomic E-state index is -1.03. The number of hydrogen-bond acceptors (Lipinski definition) is 4. The molecule has 23 heavy (non-hydrogen) atoms. The molecule has 1 atom stereocenters. The van der Waals surface area contributed by atoms with Crippen molar-refractivity contribution in [1.29, 1.82) is 0 Å². The molecule has 2 aromatic carbocycles. The van der Waals surface area contributed by atoms with E-state index in [1.54, 1.807) is 0 Å². The van der Waals surface area contributed by atoms with E-state index in [0.717, 1.165) is 27.6 Å². The molecule has 3 aromatic rings. The van der Waals surface area contributed by atoms with E-state index in [0.29, 0.717) is 12.3 Å². The smallest absolute Gasteiger partial charge is 0.133 e. The van der Waals surface area contributed by atoms with Crippen LogP contribution >= 0.6 is 0 Å². The summed E-state index contributed by atoms with van der Waals surface area (Å²) < 4.78 is 17.4. The van der Waals surface area contributed by atoms with Gasteiger partial charge in [-0.05, 0) is 36.8 Å². The summed E-state index contributed by atoms with van der Waals surface area (Å²) in [5.41, 5.74) is 2.88. The standard InChI is InChI=1S/C18H18N2O2S/c1-14-10-17(20-22-14)12-19-16-7-5-6-15(11-16)13-23(21)18-8-3-2-4-9-18/h2-11,19H,12-13H2,1H3/t23-/m0/s1. The first-order valence-corrected chi connectivity index (χ1v) is 8.71. The Morgan fingerprint density at radius 1 is 1.09 bits per heavy atom. The summed E-state index contributed by atoms with van der Waals surface area (Å²) >= 11 is 0. The van der Waals surface area contributed by atoms with Gasteiger partial charge in [-0.2, -0.15) is 0 Å². The van der Waals surface area contributed by atoms with Crippen LogP contribution < -0.4 is 5.32 Å². The highest BCUT2D eigenvalue weighted by Crippen LogP contribution is 2.16. The van der Waals surface area contributed by atoms with Crippen molar-refractivity contribution < 1.29 is 8.73 Å². The maximum Gasteiger partial charge on any atom is 0.133 e. The molecule has 4 nitrogen and oxygen atoms in total. The van der Waals surface area contributed by atoms with Crippen molar-refractivity contribution >= 4 is 16.5 Å². The highest BCUT2D eigenvalue weighted by Gasteiger charge is 2.06. The Labute approximate surface area is 138 Å². The number of aromatic nitrogens is 1. The fourth-order valence-corrected chi connectivity index (χ4v) is 3.38. The Bertz CT molecular complexity index is 800. The molecule has 0 saturated heterocycles. The van der Waals surface area contributed by atoms with Crippen molar-refractivity contribution in [3.63, 3.8) is 0 Å². The van der Waals surface area contributed by atoms with Crippen molar-refractivity contribution in [2.75, 3.05) is 5.32 Å². The number of nitrogens with one attached hydrogen (secondary N) is 1. The molecule has 0 fully saturated rings. The van der Waals surface area contributed by atoms with Gasteiger partial charge < -0.3 is 9.84 Å². The van der Waals surface area contributed by atoms with Gasteiger partial charge in [0.15, 0.2) is 0 Å². The number of benzene rings is 2. The molecule has 3 rings (SSSR count). The van der Waals surface area contributed by atoms with Crippen molar-refractivity contribution in [1.82, 2.24) is 5.16 Å². The van der Waals surface area contributed by atoms with Crippen molar-refractivity contribution in [2.45, 2.75) is 24.1 Å². The van der Waals surface area contributed by atoms with Crippen LogP contribution in [-0.2, 0) is 23.1 Å². The fraction of sp³-hybridized carbons (Fsp3) is 0.167. The van der Waals surface area contributed by atoms with Crippen LogP contribution in [0.15, 0.2) is 70.1 Å². The Morgan fingerprint density at radius 3 is 2.65 bits per heavy atom. The molecule has 5 heteroatoms. The minimum Gasteiger partial charge on any atom is -0.379 e. The van der Waals surface area contributed by atoms with Crippen molar-refractivity contribution in [2.24, 2.45) is 0 Å². The summed E-state index contributed by atoms with van der Waals surface area (Å²) in [4.78, 5) is 0.851. The van der Waals surface area contributed by atoms with Crippen LogP contribution in [0.4, 0.5) is 5.69 Å². The molecule has 0 aliphatic carbocycles. The molecule has 1 aromatic heterocycles. The molecule has 0 spiro atoms. The molecule has 0 radical (unpaired) electrons. The molecule has 0 amide bonds. The number of aryl methyl sites for hydroxylation is 1. The van der Waals surface area contributed by atoms with Gasteiger partial charge in [0.2, 0.25) is 0 Å². The topological polar surface area (TPSA) is 55.1 Å². The largest absolute Gasteiger partial charge is 0.379 e. The Kier molecular flexibility index (Phi) is 4.88. The van der Waals surface area contributed by atoms with Crippen LogP contribution in [0.1, 0.15) is 17.0 Å². The van der Waals surface area contributed by atoms with Gasteiger partial charge in [-0.1, -0.05) is 35.5 Å². The van der Waals surface area contributed by atoms with Gasteiger partial charge in [-0.25, -0.2) is 0 Å². The zero-order chi connectivity index (χ0) is 16.1. The zero-order valence-electron chi connectivity index (χ0n) is 12.9. The van der Waals surface area contributed by atoms with Gasteiger partial charge in [0.25, 0.3) is 0 Å². The maximum absolute atomic E-state index is 12.4. The summed E-state index contributed by atoms with van der Waals surface area (Å²) in [6.07, 6.45) is 0. The zero-order valence-corrected chi connectivity index (χ0v) is 13.7. The summed E-state index contributed by atoms with van der Waals surface area (Å²) in [6.45, 7) is 2.47. The van der Waals surface area contributed by atoms with Crippen LogP contribution in [0.2, 0.25) is 0 Å². The molecular weight excluding hydrogens is 308 g/mol. The third-order valence-electron chi connectivity index (χ3n) is 3.38. The van der Waals surface area contributed by atoms with E-state index >= 15 is 0 Å². The summed E-state index contributed by atoms with van der Waals surface area (Å²) in [6, 6.07) is 19.4. The van der Waals surface area contributed by atoms with E-state index in [2.05, 4.69) is 10.5 Å². The van der Waals surface area contributed by atoms with Crippen molar-refractivity contribution in [3.05, 3.63) is 77.7 Å². The minimum absolute atomic E-state index is 0.503. The lowest BCUT2D eigenvalue weighted by Crippen LogP contribution is -2.01. The molecule has 1 N–H and O–H groups in total. The van der Waals surface area contributed by atoms with Crippen LogP contribution in [0.3, 0.4) is 0 Å². The summed E-state index contributed by atoms with van der Waals surface area (Å²) in [5.74, 6) is 1.30. The van der Waals surface area contributed by atoms with Crippen LogP contribution in [-0.4, -0.2) is 9.37 Å². The van der Waals surface area contributed by atoms with Gasteiger partial charge in [0.1, 0.15) is 11.5 Å². The lowest BCUT2D eigenvalue weighted by molar-refractivity contribution is 0.391. The molecule has 0 saturated carbocycles. The lowest BCUT2D eigenvalue weighted by Gasteiger charge is -2.07. The first kappa shape index (κ1) is 15.5. The Balaban J connectivity index is 1.64. The lowest BCUT2D eigenvalue weighted by atomic mass is 10.2. The molecule has 118 valence electrons. The number of nitrogens with zero attached hydrogens (tertiary/aromatic N) is 1. The van der Waals surface area contributed by atoms with Gasteiger partial charge in [0, 0.05) is 16.6 Å². The van der Waals surface area contributed by atoms with E-state index in [4.69, 9.17) is 4.52 Å². The predicted octanol–water partition coefficient (Wildman–Crippen LogP) is 3.90. The fourth-order valence-electron chi connectivity index (χ4n) is 2.27. The average molecular weight is 326 g/mol. The van der Waals surface area contributed by atoms with Gasteiger partial charge in [-0.3, -0.25) is 4.21 Å². The van der Waals surface area contributed by atoms with E-state index in [1.807, 2.05) is 67.6 Å². The number of hydrogen-bond donors (Lipinski definition) is 1. The monoisotopic (exact) mass is 326 g/mol. The third kappa shape index (κ3) is 4.29. The molecular formula is C18H18N2O2S.